The summed E-state index contributed by atoms with van der Waals surface area (Å²) in [4.78, 5) is 0. The Bertz CT molecular complexity index is 274. The standard InChI is InChI=1S/C7H7Br.C7H14.C2H6.CH5P/c1-6-4-2-3-5-7(6)8;1-4-5-6-7(2)3;2*1-2/h2-5H,1H3;2,4-6H2,1,3H3;1-2H3;2H2,1H3. The molecule has 19 heavy (non-hydrogen) atoms. The first kappa shape index (κ1) is 23.9. The van der Waals surface area contributed by atoms with E-state index in [2.05, 4.69) is 58.6 Å². The first-order chi connectivity index (χ1) is 9.07. The summed E-state index contributed by atoms with van der Waals surface area (Å²) in [6.45, 7) is 16.1. The zero-order valence-corrected chi connectivity index (χ0v) is 16.3. The van der Waals surface area contributed by atoms with Crippen molar-refractivity contribution in [3.05, 3.63) is 46.5 Å². The van der Waals surface area contributed by atoms with Gasteiger partial charge in [0, 0.05) is 4.47 Å². The van der Waals surface area contributed by atoms with Gasteiger partial charge in [-0.3, -0.25) is 0 Å². The maximum Gasteiger partial charge on any atom is 0.0204 e. The van der Waals surface area contributed by atoms with E-state index in [0.29, 0.717) is 0 Å². The van der Waals surface area contributed by atoms with Crippen LogP contribution in [0.3, 0.4) is 0 Å². The van der Waals surface area contributed by atoms with E-state index in [9.17, 15) is 0 Å². The molecule has 0 aliphatic rings. The van der Waals surface area contributed by atoms with Crippen molar-refractivity contribution in [2.45, 2.75) is 53.9 Å². The van der Waals surface area contributed by atoms with Crippen molar-refractivity contribution >= 4 is 25.2 Å². The van der Waals surface area contributed by atoms with E-state index >= 15 is 0 Å². The summed E-state index contributed by atoms with van der Waals surface area (Å²) in [5, 5.41) is 0. The van der Waals surface area contributed by atoms with Gasteiger partial charge in [0.05, 0.1) is 0 Å². The van der Waals surface area contributed by atoms with E-state index in [0.717, 1.165) is 0 Å². The number of halogens is 1. The SMILES string of the molecule is C=C(C)CCCC.CC.CP.Cc1ccccc1Br. The first-order valence-electron chi connectivity index (χ1n) is 7.01. The molecular formula is C17H32BrP. The number of rotatable bonds is 3. The summed E-state index contributed by atoms with van der Waals surface area (Å²) in [5.41, 5.74) is 2.59. The molecule has 1 unspecified atom stereocenters. The molecule has 0 nitrogen and oxygen atoms in total. The molecule has 0 amide bonds. The molecule has 0 fully saturated rings. The van der Waals surface area contributed by atoms with Gasteiger partial charge in [-0.1, -0.05) is 73.6 Å². The third-order valence-electron chi connectivity index (χ3n) is 2.03. The largest absolute Gasteiger partial charge is 0.141 e. The molecule has 2 heteroatoms. The molecule has 0 N–H and O–H groups in total. The van der Waals surface area contributed by atoms with E-state index in [1.165, 1.54) is 34.9 Å². The molecular weight excluding hydrogens is 315 g/mol. The Hall–Kier alpha value is -0.130. The van der Waals surface area contributed by atoms with Crippen LogP contribution in [0.5, 0.6) is 0 Å². The highest BCUT2D eigenvalue weighted by atomic mass is 79.9. The van der Waals surface area contributed by atoms with Gasteiger partial charge in [-0.2, -0.15) is 0 Å². The second-order valence-electron chi connectivity index (χ2n) is 3.81. The predicted octanol–water partition coefficient (Wildman–Crippen LogP) is 7.03. The van der Waals surface area contributed by atoms with Crippen molar-refractivity contribution < 1.29 is 0 Å². The lowest BCUT2D eigenvalue weighted by atomic mass is 10.2. The van der Waals surface area contributed by atoms with Gasteiger partial charge in [-0.25, -0.2) is 0 Å². The molecule has 0 bridgehead atoms. The Morgan fingerprint density at radius 1 is 1.21 bits per heavy atom. The highest BCUT2D eigenvalue weighted by molar-refractivity contribution is 9.10. The van der Waals surface area contributed by atoms with Crippen LogP contribution in [0.1, 0.15) is 52.5 Å². The van der Waals surface area contributed by atoms with Crippen LogP contribution in [-0.4, -0.2) is 6.66 Å². The van der Waals surface area contributed by atoms with Gasteiger partial charge in [0.1, 0.15) is 0 Å². The van der Waals surface area contributed by atoms with Crippen molar-refractivity contribution in [1.29, 1.82) is 0 Å². The normalized spacial score (nSPS) is 7.79. The summed E-state index contributed by atoms with van der Waals surface area (Å²) in [7, 11) is 2.42. The third-order valence-corrected chi connectivity index (χ3v) is 2.92. The van der Waals surface area contributed by atoms with Gasteiger partial charge < -0.3 is 0 Å². The zero-order chi connectivity index (χ0) is 15.7. The van der Waals surface area contributed by atoms with Crippen LogP contribution in [-0.2, 0) is 0 Å². The smallest absolute Gasteiger partial charge is 0.0204 e. The molecule has 112 valence electrons. The van der Waals surface area contributed by atoms with E-state index in [-0.39, 0.29) is 0 Å². The fraction of sp³-hybridized carbons (Fsp3) is 0.529. The van der Waals surface area contributed by atoms with Gasteiger partial charge in [-0.05, 0) is 38.3 Å². The van der Waals surface area contributed by atoms with Gasteiger partial charge in [-0.15, -0.1) is 15.8 Å². The molecule has 0 aliphatic heterocycles. The zero-order valence-electron chi connectivity index (χ0n) is 13.6. The van der Waals surface area contributed by atoms with Crippen LogP contribution in [0, 0.1) is 6.92 Å². The number of allylic oxidation sites excluding steroid dienone is 1. The number of hydrogen-bond donors (Lipinski definition) is 0. The van der Waals surface area contributed by atoms with E-state index < -0.39 is 0 Å². The summed E-state index contributed by atoms with van der Waals surface area (Å²) in [5.74, 6) is 0. The van der Waals surface area contributed by atoms with Crippen LogP contribution in [0.15, 0.2) is 40.9 Å². The van der Waals surface area contributed by atoms with Gasteiger partial charge in [0.25, 0.3) is 0 Å². The van der Waals surface area contributed by atoms with Gasteiger partial charge in [0.15, 0.2) is 0 Å². The summed E-state index contributed by atoms with van der Waals surface area (Å²) in [6, 6.07) is 8.15. The molecule has 1 rings (SSSR count). The minimum absolute atomic E-state index is 1.18. The Balaban J connectivity index is -0.000000215. The quantitative estimate of drug-likeness (QED) is 0.407. The average molecular weight is 347 g/mol. The maximum absolute atomic E-state index is 3.79. The second kappa shape index (κ2) is 20.2. The molecule has 1 aromatic carbocycles. The van der Waals surface area contributed by atoms with Crippen molar-refractivity contribution in [3.8, 4) is 0 Å². The fourth-order valence-corrected chi connectivity index (χ4v) is 1.31. The third kappa shape index (κ3) is 20.4. The van der Waals surface area contributed by atoms with Crippen LogP contribution >= 0.6 is 25.2 Å². The average Bonchev–Trinajstić information content (AvgIpc) is 2.45. The molecule has 1 atom stereocenters. The first-order valence-corrected chi connectivity index (χ1v) is 8.96. The Morgan fingerprint density at radius 2 is 1.68 bits per heavy atom. The number of aryl methyl sites for hydroxylation is 1. The summed E-state index contributed by atoms with van der Waals surface area (Å²) >= 11 is 3.40. The van der Waals surface area contributed by atoms with E-state index in [1.54, 1.807) is 0 Å². The number of unbranched alkanes of at least 4 members (excludes halogenated alkanes) is 1. The van der Waals surface area contributed by atoms with E-state index in [4.69, 9.17) is 0 Å². The van der Waals surface area contributed by atoms with Crippen LogP contribution in [0.25, 0.3) is 0 Å². The van der Waals surface area contributed by atoms with Crippen LogP contribution in [0.2, 0.25) is 0 Å². The predicted molar refractivity (Wildman–Crippen MR) is 100 cm³/mol. The van der Waals surface area contributed by atoms with E-state index in [1.807, 2.05) is 38.7 Å². The minimum atomic E-state index is 1.18. The van der Waals surface area contributed by atoms with Gasteiger partial charge >= 0.3 is 0 Å². The molecule has 0 spiro atoms. The lowest BCUT2D eigenvalue weighted by Crippen LogP contribution is -1.71. The van der Waals surface area contributed by atoms with Gasteiger partial charge in [0.2, 0.25) is 0 Å². The van der Waals surface area contributed by atoms with Crippen molar-refractivity contribution in [2.75, 3.05) is 6.66 Å². The Labute approximate surface area is 132 Å². The lowest BCUT2D eigenvalue weighted by molar-refractivity contribution is 0.789. The molecule has 0 saturated heterocycles. The fourth-order valence-electron chi connectivity index (χ4n) is 1.03. The van der Waals surface area contributed by atoms with Crippen LogP contribution in [0.4, 0.5) is 0 Å². The molecule has 0 saturated carbocycles. The molecule has 0 heterocycles. The topological polar surface area (TPSA) is 0 Å². The van der Waals surface area contributed by atoms with Crippen molar-refractivity contribution in [3.63, 3.8) is 0 Å². The number of benzene rings is 1. The van der Waals surface area contributed by atoms with Crippen LogP contribution < -0.4 is 0 Å². The van der Waals surface area contributed by atoms with Crippen molar-refractivity contribution in [1.82, 2.24) is 0 Å². The number of hydrogen-bond acceptors (Lipinski definition) is 0. The molecule has 1 aromatic rings. The summed E-state index contributed by atoms with van der Waals surface area (Å²) < 4.78 is 1.18. The highest BCUT2D eigenvalue weighted by Gasteiger charge is 1.86. The Kier molecular flexibility index (Phi) is 25.4. The molecule has 0 aromatic heterocycles. The summed E-state index contributed by atoms with van der Waals surface area (Å²) in [6.07, 6.45) is 3.79. The minimum Gasteiger partial charge on any atom is -0.141 e. The molecule has 0 radical (unpaired) electrons. The lowest BCUT2D eigenvalue weighted by Gasteiger charge is -1.91. The second-order valence-corrected chi connectivity index (χ2v) is 4.66. The highest BCUT2D eigenvalue weighted by Crippen LogP contribution is 2.13. The Morgan fingerprint density at radius 3 is 1.89 bits per heavy atom. The van der Waals surface area contributed by atoms with Crippen molar-refractivity contribution in [2.24, 2.45) is 0 Å². The monoisotopic (exact) mass is 346 g/mol. The maximum atomic E-state index is 3.79. The molecule has 0 aliphatic carbocycles.